The fourth-order valence-corrected chi connectivity index (χ4v) is 12.4. The van der Waals surface area contributed by atoms with Crippen molar-refractivity contribution in [3.8, 4) is 33.6 Å². The van der Waals surface area contributed by atoms with Gasteiger partial charge in [-0.05, 0) is 126 Å². The second-order valence-electron chi connectivity index (χ2n) is 15.9. The van der Waals surface area contributed by atoms with E-state index in [1.807, 2.05) is 22.7 Å². The average Bonchev–Trinajstić information content (AvgIpc) is 4.03. The van der Waals surface area contributed by atoms with E-state index >= 15 is 0 Å². The monoisotopic (exact) mass is 776 g/mol. The molecule has 13 rings (SSSR count). The van der Waals surface area contributed by atoms with Gasteiger partial charge in [0.2, 0.25) is 0 Å². The van der Waals surface area contributed by atoms with Crippen LogP contribution >= 0.6 is 22.7 Å². The van der Waals surface area contributed by atoms with Crippen LogP contribution in [0.3, 0.4) is 0 Å². The van der Waals surface area contributed by atoms with Crippen LogP contribution in [0.2, 0.25) is 0 Å². The molecule has 2 aliphatic carbocycles. The molecule has 0 spiro atoms. The van der Waals surface area contributed by atoms with Gasteiger partial charge in [0.05, 0.1) is 16.6 Å². The number of para-hydroxylation sites is 2. The number of rotatable bonds is 4. The Bertz CT molecular complexity index is 3570. The van der Waals surface area contributed by atoms with Gasteiger partial charge >= 0.3 is 0 Å². The Balaban J connectivity index is 1.04. The number of hydrogen-bond donors (Lipinski definition) is 0. The fourth-order valence-electron chi connectivity index (χ4n) is 10.0. The van der Waals surface area contributed by atoms with Crippen molar-refractivity contribution in [3.63, 3.8) is 0 Å². The van der Waals surface area contributed by atoms with E-state index in [-0.39, 0.29) is 0 Å². The molecule has 0 saturated heterocycles. The smallest absolute Gasteiger partial charge is 0.0547 e. The minimum atomic E-state index is 1.04. The van der Waals surface area contributed by atoms with Crippen molar-refractivity contribution < 1.29 is 0 Å². The van der Waals surface area contributed by atoms with Gasteiger partial charge in [-0.1, -0.05) is 97.1 Å². The maximum absolute atomic E-state index is 2.52. The molecule has 274 valence electrons. The summed E-state index contributed by atoms with van der Waals surface area (Å²) >= 11 is 3.85. The van der Waals surface area contributed by atoms with Crippen molar-refractivity contribution in [1.29, 1.82) is 0 Å². The first-order valence-corrected chi connectivity index (χ1v) is 22.0. The molecule has 2 aliphatic rings. The van der Waals surface area contributed by atoms with Crippen molar-refractivity contribution in [2.45, 2.75) is 25.7 Å². The summed E-state index contributed by atoms with van der Waals surface area (Å²) in [6.45, 7) is 0. The largest absolute Gasteiger partial charge is 0.313 e. The first-order chi connectivity index (χ1) is 28.7. The van der Waals surface area contributed by atoms with Crippen LogP contribution in [0.15, 0.2) is 158 Å². The van der Waals surface area contributed by atoms with Gasteiger partial charge < -0.3 is 9.13 Å². The van der Waals surface area contributed by atoms with Crippen LogP contribution in [0.4, 0.5) is 0 Å². The molecule has 0 unspecified atom stereocenters. The lowest BCUT2D eigenvalue weighted by atomic mass is 9.96. The van der Waals surface area contributed by atoms with E-state index in [9.17, 15) is 0 Å². The molecule has 4 heterocycles. The van der Waals surface area contributed by atoms with Crippen molar-refractivity contribution in [2.24, 2.45) is 0 Å². The molecule has 7 aromatic carbocycles. The van der Waals surface area contributed by atoms with E-state index in [2.05, 4.69) is 179 Å². The Morgan fingerprint density at radius 2 is 1.16 bits per heavy atom. The van der Waals surface area contributed by atoms with Crippen LogP contribution in [-0.4, -0.2) is 9.13 Å². The molecule has 0 saturated carbocycles. The lowest BCUT2D eigenvalue weighted by Gasteiger charge is -2.14. The van der Waals surface area contributed by atoms with Crippen molar-refractivity contribution in [3.05, 3.63) is 179 Å². The Kier molecular flexibility index (Phi) is 7.04. The van der Waals surface area contributed by atoms with Gasteiger partial charge in [-0.15, -0.1) is 22.7 Å². The zero-order valence-corrected chi connectivity index (χ0v) is 33.3. The zero-order valence-electron chi connectivity index (χ0n) is 31.7. The van der Waals surface area contributed by atoms with E-state index < -0.39 is 0 Å². The summed E-state index contributed by atoms with van der Waals surface area (Å²) in [7, 11) is 0. The molecule has 58 heavy (non-hydrogen) atoms. The van der Waals surface area contributed by atoms with Crippen LogP contribution in [0, 0.1) is 0 Å². The predicted octanol–water partition coefficient (Wildman–Crippen LogP) is 15.6. The molecule has 0 fully saturated rings. The van der Waals surface area contributed by atoms with Gasteiger partial charge in [0, 0.05) is 74.1 Å². The topological polar surface area (TPSA) is 9.86 Å². The summed E-state index contributed by atoms with van der Waals surface area (Å²) < 4.78 is 9.05. The maximum Gasteiger partial charge on any atom is 0.0547 e. The number of fused-ring (bicyclic) bond motifs is 12. The summed E-state index contributed by atoms with van der Waals surface area (Å²) in [6, 6.07) is 55.0. The molecule has 4 aromatic heterocycles. The molecule has 0 atom stereocenters. The van der Waals surface area contributed by atoms with Crippen molar-refractivity contribution in [1.82, 2.24) is 9.13 Å². The third-order valence-electron chi connectivity index (χ3n) is 12.6. The van der Waals surface area contributed by atoms with E-state index in [0.29, 0.717) is 0 Å². The standard InChI is InChI=1S/C54H36N2S2/c1-2-12-36(13-3-1)55-48-19-9-5-15-39(48)44-28-33(23-26-49(44)55)34-22-25-40-38-14-4-8-18-47(38)56(50(40)30-34)37-31-43(54-46(32-37)42-17-7-11-21-52(42)58-54)35-24-27-53-45(29-35)41-16-6-10-20-51(41)57-53/h1-5,7-8,10-15,17-18,20-32H,6,9,16,19H2. The summed E-state index contributed by atoms with van der Waals surface area (Å²) in [6.07, 6.45) is 13.7. The maximum atomic E-state index is 2.52. The van der Waals surface area contributed by atoms with Gasteiger partial charge in [0.1, 0.15) is 0 Å². The Morgan fingerprint density at radius 3 is 2.10 bits per heavy atom. The molecule has 0 N–H and O–H groups in total. The number of aryl methyl sites for hydroxylation is 1. The highest BCUT2D eigenvalue weighted by Gasteiger charge is 2.22. The van der Waals surface area contributed by atoms with Gasteiger partial charge in [0.25, 0.3) is 0 Å². The molecular weight excluding hydrogens is 741 g/mol. The molecule has 0 radical (unpaired) electrons. The van der Waals surface area contributed by atoms with Crippen LogP contribution in [-0.2, 0) is 12.8 Å². The normalized spacial score (nSPS) is 13.8. The molecule has 4 heteroatoms. The number of aromatic nitrogens is 2. The van der Waals surface area contributed by atoms with E-state index in [4.69, 9.17) is 0 Å². The Morgan fingerprint density at radius 1 is 0.431 bits per heavy atom. The first-order valence-electron chi connectivity index (χ1n) is 20.4. The van der Waals surface area contributed by atoms with Crippen LogP contribution in [0.1, 0.15) is 34.5 Å². The number of benzene rings is 7. The lowest BCUT2D eigenvalue weighted by Crippen LogP contribution is -2.02. The average molecular weight is 777 g/mol. The highest BCUT2D eigenvalue weighted by molar-refractivity contribution is 7.26. The zero-order chi connectivity index (χ0) is 37.9. The second-order valence-corrected chi connectivity index (χ2v) is 18.0. The number of allylic oxidation sites excluding steroid dienone is 2. The van der Waals surface area contributed by atoms with E-state index in [0.717, 1.165) is 25.7 Å². The summed E-state index contributed by atoms with van der Waals surface area (Å²) in [5.74, 6) is 0. The Labute approximate surface area is 343 Å². The molecule has 0 aliphatic heterocycles. The number of thiophene rings is 2. The van der Waals surface area contributed by atoms with Crippen LogP contribution in [0.5, 0.6) is 0 Å². The summed E-state index contributed by atoms with van der Waals surface area (Å²) in [5, 5.41) is 7.90. The first kappa shape index (κ1) is 32.6. The quantitative estimate of drug-likeness (QED) is 0.168. The van der Waals surface area contributed by atoms with Crippen LogP contribution < -0.4 is 0 Å². The minimum Gasteiger partial charge on any atom is -0.313 e. The van der Waals surface area contributed by atoms with Gasteiger partial charge in [-0.25, -0.2) is 0 Å². The van der Waals surface area contributed by atoms with Gasteiger partial charge in [0.15, 0.2) is 0 Å². The number of hydrogen-bond acceptors (Lipinski definition) is 2. The Hall–Kier alpha value is -6.46. The van der Waals surface area contributed by atoms with Crippen molar-refractivity contribution in [2.75, 3.05) is 0 Å². The minimum absolute atomic E-state index is 1.04. The molecule has 2 nitrogen and oxygen atoms in total. The van der Waals surface area contributed by atoms with E-state index in [1.54, 1.807) is 0 Å². The second kappa shape index (κ2) is 12.5. The molecule has 11 aromatic rings. The third-order valence-corrected chi connectivity index (χ3v) is 15.0. The fraction of sp³-hybridized carbons (Fsp3) is 0.0741. The molecule has 0 bridgehead atoms. The van der Waals surface area contributed by atoms with Crippen molar-refractivity contribution >= 4 is 97.8 Å². The third kappa shape index (κ3) is 4.76. The molecular formula is C54H36N2S2. The van der Waals surface area contributed by atoms with Crippen LogP contribution in [0.25, 0.3) is 109 Å². The number of nitrogens with zero attached hydrogens (tertiary/aromatic N) is 2. The lowest BCUT2D eigenvalue weighted by molar-refractivity contribution is 0.888. The predicted molar refractivity (Wildman–Crippen MR) is 251 cm³/mol. The highest BCUT2D eigenvalue weighted by Crippen LogP contribution is 2.46. The van der Waals surface area contributed by atoms with Gasteiger partial charge in [-0.2, -0.15) is 0 Å². The summed E-state index contributed by atoms with van der Waals surface area (Å²) in [4.78, 5) is 1.42. The highest BCUT2D eigenvalue weighted by atomic mass is 32.1. The van der Waals surface area contributed by atoms with Gasteiger partial charge in [-0.3, -0.25) is 0 Å². The SMILES string of the molecule is C1=Cc2sc3ccc(-c4cc(-n5c6ccccc6c6ccc(-c7ccc8c(c7)c7c(n8-c8ccccc8)CCC=C7)cc65)cc5c4sc4ccccc45)cc3c2CC1. The van der Waals surface area contributed by atoms with E-state index in [1.165, 1.54) is 118 Å². The molecule has 0 amide bonds. The summed E-state index contributed by atoms with van der Waals surface area (Å²) in [5.41, 5.74) is 15.4.